The number of thiazole rings is 1. The number of hydrogen-bond donors (Lipinski definition) is 0. The number of aryl methyl sites for hydroxylation is 1. The van der Waals surface area contributed by atoms with Crippen LogP contribution < -0.4 is 28.5 Å². The molecule has 0 N–H and O–H groups in total. The Hall–Kier alpha value is -1.14. The molecule has 0 aliphatic carbocycles. The van der Waals surface area contributed by atoms with Crippen LogP contribution in [0.5, 0.6) is 0 Å². The zero-order valence-electron chi connectivity index (χ0n) is 12.7. The summed E-state index contributed by atoms with van der Waals surface area (Å²) in [7, 11) is 4.03. The summed E-state index contributed by atoms with van der Waals surface area (Å²) < 4.78 is 3.69. The predicted octanol–water partition coefficient (Wildman–Crippen LogP) is 0.857. The molecule has 21 heavy (non-hydrogen) atoms. The van der Waals surface area contributed by atoms with Gasteiger partial charge in [0, 0.05) is 26.2 Å². The van der Waals surface area contributed by atoms with Crippen molar-refractivity contribution in [2.45, 2.75) is 13.5 Å². The summed E-state index contributed by atoms with van der Waals surface area (Å²) in [4.78, 5) is 2.02. The van der Waals surface area contributed by atoms with Crippen molar-refractivity contribution in [1.29, 1.82) is 0 Å². The molecule has 0 unspecified atom stereocenters. The highest BCUT2D eigenvalue weighted by Gasteiger charge is 2.15. The molecule has 0 aliphatic heterocycles. The maximum Gasteiger partial charge on any atom is 0.262 e. The maximum absolute atomic E-state index is 2.35. The summed E-state index contributed by atoms with van der Waals surface area (Å²) in [5, 5.41) is 1.29. The van der Waals surface area contributed by atoms with Crippen molar-refractivity contribution in [1.82, 2.24) is 4.90 Å². The smallest absolute Gasteiger partial charge is 0.262 e. The van der Waals surface area contributed by atoms with Crippen molar-refractivity contribution >= 4 is 27.6 Å². The Kier molecular flexibility index (Phi) is 7.67. The second-order valence-electron chi connectivity index (χ2n) is 4.70. The van der Waals surface area contributed by atoms with Crippen molar-refractivity contribution in [2.24, 2.45) is 0 Å². The van der Waals surface area contributed by atoms with Crippen molar-refractivity contribution < 1.29 is 28.5 Å². The first-order chi connectivity index (χ1) is 9.72. The molecule has 2 nitrogen and oxygen atoms in total. The van der Waals surface area contributed by atoms with E-state index in [0.29, 0.717) is 0 Å². The fourth-order valence-electron chi connectivity index (χ4n) is 1.99. The molecule has 0 amide bonds. The lowest BCUT2D eigenvalue weighted by molar-refractivity contribution is -0.665. The van der Waals surface area contributed by atoms with Gasteiger partial charge in [-0.15, -0.1) is 0 Å². The molecule has 2 rings (SSSR count). The number of rotatable bonds is 5. The van der Waals surface area contributed by atoms with Gasteiger partial charge in [0.2, 0.25) is 5.52 Å². The van der Waals surface area contributed by atoms with E-state index >= 15 is 0 Å². The van der Waals surface area contributed by atoms with Crippen molar-refractivity contribution in [3.05, 3.63) is 59.8 Å². The standard InChI is InChI=1S/C17H21N2S.HI/c1-4-19-15-11-8-9-12-16(15)20-17(19)13-7-5-6-10-14-18(2)3;/h5-14H,4H2,1-3H3;1H/q+1;/p-1. The van der Waals surface area contributed by atoms with Gasteiger partial charge in [-0.2, -0.15) is 4.57 Å². The van der Waals surface area contributed by atoms with Crippen LogP contribution in [0.2, 0.25) is 0 Å². The average molecular weight is 412 g/mol. The zero-order chi connectivity index (χ0) is 14.4. The van der Waals surface area contributed by atoms with Crippen LogP contribution in [0, 0.1) is 0 Å². The van der Waals surface area contributed by atoms with E-state index in [4.69, 9.17) is 0 Å². The Labute approximate surface area is 148 Å². The molecule has 0 saturated heterocycles. The maximum atomic E-state index is 2.35. The number of benzene rings is 1. The number of para-hydroxylation sites is 1. The predicted molar refractivity (Wildman–Crippen MR) is 88.7 cm³/mol. The number of hydrogen-bond acceptors (Lipinski definition) is 2. The van der Waals surface area contributed by atoms with Crippen LogP contribution >= 0.6 is 11.3 Å². The minimum absolute atomic E-state index is 0. The molecule has 0 bridgehead atoms. The van der Waals surface area contributed by atoms with Crippen molar-refractivity contribution in [3.63, 3.8) is 0 Å². The van der Waals surface area contributed by atoms with Gasteiger partial charge in [0.1, 0.15) is 11.2 Å². The van der Waals surface area contributed by atoms with Crippen LogP contribution in [0.1, 0.15) is 11.9 Å². The van der Waals surface area contributed by atoms with Gasteiger partial charge < -0.3 is 28.9 Å². The van der Waals surface area contributed by atoms with Gasteiger partial charge in [-0.25, -0.2) is 0 Å². The summed E-state index contributed by atoms with van der Waals surface area (Å²) in [6.45, 7) is 3.18. The van der Waals surface area contributed by atoms with Gasteiger partial charge in [-0.3, -0.25) is 0 Å². The third-order valence-electron chi connectivity index (χ3n) is 2.91. The van der Waals surface area contributed by atoms with Crippen LogP contribution in [0.25, 0.3) is 16.3 Å². The first kappa shape index (κ1) is 17.9. The first-order valence-electron chi connectivity index (χ1n) is 6.81. The van der Waals surface area contributed by atoms with E-state index < -0.39 is 0 Å². The second-order valence-corrected chi connectivity index (χ2v) is 5.76. The van der Waals surface area contributed by atoms with Crippen molar-refractivity contribution in [3.8, 4) is 0 Å². The Bertz CT molecular complexity index is 654. The van der Waals surface area contributed by atoms with E-state index in [1.165, 1.54) is 15.2 Å². The molecule has 1 aromatic heterocycles. The minimum atomic E-state index is 0. The average Bonchev–Trinajstić information content (AvgIpc) is 2.79. The Morgan fingerprint density at radius 2 is 1.81 bits per heavy atom. The molecule has 0 fully saturated rings. The number of allylic oxidation sites excluding steroid dienone is 4. The summed E-state index contributed by atoms with van der Waals surface area (Å²) in [5.41, 5.74) is 1.32. The summed E-state index contributed by atoms with van der Waals surface area (Å²) in [6.07, 6.45) is 12.4. The Morgan fingerprint density at radius 1 is 1.10 bits per heavy atom. The molecule has 112 valence electrons. The van der Waals surface area contributed by atoms with Crippen LogP contribution in [-0.2, 0) is 6.54 Å². The lowest BCUT2D eigenvalue weighted by Gasteiger charge is -2.00. The van der Waals surface area contributed by atoms with Crippen LogP contribution in [0.15, 0.2) is 54.8 Å². The van der Waals surface area contributed by atoms with Crippen LogP contribution in [-0.4, -0.2) is 19.0 Å². The lowest BCUT2D eigenvalue weighted by atomic mass is 10.3. The molecular weight excluding hydrogens is 391 g/mol. The van der Waals surface area contributed by atoms with Gasteiger partial charge in [0.25, 0.3) is 5.01 Å². The number of halogens is 1. The molecule has 2 aromatic rings. The Morgan fingerprint density at radius 3 is 2.52 bits per heavy atom. The lowest BCUT2D eigenvalue weighted by Crippen LogP contribution is -3.00. The molecule has 4 heteroatoms. The quantitative estimate of drug-likeness (QED) is 0.402. The first-order valence-corrected chi connectivity index (χ1v) is 7.63. The zero-order valence-corrected chi connectivity index (χ0v) is 15.6. The van der Waals surface area contributed by atoms with E-state index in [-0.39, 0.29) is 24.0 Å². The molecular formula is C17H21IN2S. The number of nitrogens with zero attached hydrogens (tertiary/aromatic N) is 2. The molecule has 0 radical (unpaired) electrons. The topological polar surface area (TPSA) is 7.12 Å². The van der Waals surface area contributed by atoms with Gasteiger partial charge in [0.05, 0.1) is 0 Å². The normalized spacial score (nSPS) is 11.8. The minimum Gasteiger partial charge on any atom is -1.00 e. The fourth-order valence-corrected chi connectivity index (χ4v) is 3.13. The van der Waals surface area contributed by atoms with E-state index in [2.05, 4.69) is 54.0 Å². The molecule has 0 saturated carbocycles. The fraction of sp³-hybridized carbons (Fsp3) is 0.235. The molecule has 1 aromatic carbocycles. The highest BCUT2D eigenvalue weighted by atomic mass is 127. The summed E-state index contributed by atoms with van der Waals surface area (Å²) in [5.74, 6) is 0. The van der Waals surface area contributed by atoms with Crippen LogP contribution in [0.3, 0.4) is 0 Å². The van der Waals surface area contributed by atoms with Gasteiger partial charge >= 0.3 is 0 Å². The highest BCUT2D eigenvalue weighted by Crippen LogP contribution is 2.20. The summed E-state index contributed by atoms with van der Waals surface area (Å²) in [6, 6.07) is 8.56. The third kappa shape index (κ3) is 4.97. The van der Waals surface area contributed by atoms with E-state index in [0.717, 1.165) is 6.54 Å². The monoisotopic (exact) mass is 412 g/mol. The molecule has 0 atom stereocenters. The summed E-state index contributed by atoms with van der Waals surface area (Å²) >= 11 is 1.83. The van der Waals surface area contributed by atoms with Crippen LogP contribution in [0.4, 0.5) is 0 Å². The van der Waals surface area contributed by atoms with Gasteiger partial charge in [-0.05, 0) is 25.3 Å². The Balaban J connectivity index is 0.00000220. The van der Waals surface area contributed by atoms with E-state index in [9.17, 15) is 0 Å². The largest absolute Gasteiger partial charge is 1.00 e. The SMILES string of the molecule is CC[n+]1c(C=CC=CC=CN(C)C)sc2ccccc21.[I-]. The molecule has 0 aliphatic rings. The number of aromatic nitrogens is 1. The van der Waals surface area contributed by atoms with E-state index in [1.54, 1.807) is 0 Å². The van der Waals surface area contributed by atoms with Gasteiger partial charge in [-0.1, -0.05) is 41.7 Å². The molecule has 0 spiro atoms. The highest BCUT2D eigenvalue weighted by molar-refractivity contribution is 7.18. The molecule has 1 heterocycles. The third-order valence-corrected chi connectivity index (χ3v) is 4.04. The number of fused-ring (bicyclic) bond motifs is 1. The van der Waals surface area contributed by atoms with Gasteiger partial charge in [0.15, 0.2) is 0 Å². The van der Waals surface area contributed by atoms with E-state index in [1.807, 2.05) is 48.7 Å². The second kappa shape index (κ2) is 9.00. The van der Waals surface area contributed by atoms with Crippen molar-refractivity contribution in [2.75, 3.05) is 14.1 Å².